The first-order valence-corrected chi connectivity index (χ1v) is 9.15. The van der Waals surface area contributed by atoms with Gasteiger partial charge in [0.2, 0.25) is 0 Å². The van der Waals surface area contributed by atoms with Gasteiger partial charge in [0.25, 0.3) is 5.91 Å². The van der Waals surface area contributed by atoms with E-state index in [0.717, 1.165) is 45.7 Å². The first-order valence-electron chi connectivity index (χ1n) is 8.39. The van der Waals surface area contributed by atoms with E-state index in [9.17, 15) is 4.79 Å². The topological polar surface area (TPSA) is 44.8 Å². The first-order chi connectivity index (χ1) is 11.5. The van der Waals surface area contributed by atoms with Gasteiger partial charge in [0.15, 0.2) is 6.10 Å². The zero-order valence-corrected chi connectivity index (χ0v) is 15.3. The molecule has 0 bridgehead atoms. The lowest BCUT2D eigenvalue weighted by molar-refractivity contribution is -0.137. The van der Waals surface area contributed by atoms with Crippen molar-refractivity contribution in [3.8, 4) is 5.75 Å². The molecule has 132 valence electrons. The van der Waals surface area contributed by atoms with Crippen molar-refractivity contribution in [1.29, 1.82) is 0 Å². The molecule has 1 amide bonds. The summed E-state index contributed by atoms with van der Waals surface area (Å²) in [7, 11) is 0. The number of nitrogens with zero attached hydrogens (tertiary/aromatic N) is 2. The van der Waals surface area contributed by atoms with Gasteiger partial charge in [-0.25, -0.2) is 0 Å². The molecule has 0 saturated carbocycles. The van der Waals surface area contributed by atoms with Crippen LogP contribution in [0.5, 0.6) is 5.75 Å². The smallest absolute Gasteiger partial charge is 0.263 e. The van der Waals surface area contributed by atoms with Crippen LogP contribution in [0.2, 0.25) is 10.0 Å². The summed E-state index contributed by atoms with van der Waals surface area (Å²) in [5, 5.41) is 4.36. The van der Waals surface area contributed by atoms with Crippen molar-refractivity contribution in [3.05, 3.63) is 28.2 Å². The van der Waals surface area contributed by atoms with Gasteiger partial charge in [0.05, 0.1) is 0 Å². The second-order valence-electron chi connectivity index (χ2n) is 6.38. The van der Waals surface area contributed by atoms with E-state index in [1.54, 1.807) is 25.1 Å². The standard InChI is InChI=1S/C17H23Cl2N3O2/c1-12(24-16-9-13(18)8-14(19)10-16)17(23)22-5-2-15(11-22)21-6-3-20-4-7-21/h8-10,12,15,20H,2-7,11H2,1H3. The van der Waals surface area contributed by atoms with Crippen molar-refractivity contribution in [2.24, 2.45) is 0 Å². The monoisotopic (exact) mass is 371 g/mol. The Bertz CT molecular complexity index is 573. The molecule has 1 aromatic carbocycles. The van der Waals surface area contributed by atoms with Gasteiger partial charge >= 0.3 is 0 Å². The van der Waals surface area contributed by atoms with Crippen molar-refractivity contribution < 1.29 is 9.53 Å². The number of likely N-dealkylation sites (tertiary alicyclic amines) is 1. The molecule has 7 heteroatoms. The quantitative estimate of drug-likeness (QED) is 0.881. The molecule has 2 heterocycles. The van der Waals surface area contributed by atoms with Crippen molar-refractivity contribution in [1.82, 2.24) is 15.1 Å². The third kappa shape index (κ3) is 4.33. The molecule has 2 aliphatic rings. The van der Waals surface area contributed by atoms with E-state index in [0.29, 0.717) is 21.8 Å². The molecule has 0 spiro atoms. The maximum atomic E-state index is 12.7. The highest BCUT2D eigenvalue weighted by molar-refractivity contribution is 6.34. The Labute approximate surface area is 152 Å². The molecule has 5 nitrogen and oxygen atoms in total. The van der Waals surface area contributed by atoms with E-state index in [1.807, 2.05) is 4.90 Å². The number of carbonyl (C=O) groups is 1. The number of hydrogen-bond acceptors (Lipinski definition) is 4. The number of rotatable bonds is 4. The van der Waals surface area contributed by atoms with Gasteiger partial charge in [-0.05, 0) is 31.5 Å². The molecule has 0 aromatic heterocycles. The highest BCUT2D eigenvalue weighted by Crippen LogP contribution is 2.25. The van der Waals surface area contributed by atoms with Crippen LogP contribution in [-0.4, -0.2) is 67.1 Å². The number of carbonyl (C=O) groups excluding carboxylic acids is 1. The summed E-state index contributed by atoms with van der Waals surface area (Å²) >= 11 is 11.9. The Kier molecular flexibility index (Phi) is 5.87. The molecule has 24 heavy (non-hydrogen) atoms. The Hall–Kier alpha value is -1.01. The molecular formula is C17H23Cl2N3O2. The molecule has 0 radical (unpaired) electrons. The number of benzene rings is 1. The molecule has 2 aliphatic heterocycles. The first kappa shape index (κ1) is 17.8. The van der Waals surface area contributed by atoms with Crippen LogP contribution in [-0.2, 0) is 4.79 Å². The van der Waals surface area contributed by atoms with E-state index in [4.69, 9.17) is 27.9 Å². The van der Waals surface area contributed by atoms with Crippen molar-refractivity contribution >= 4 is 29.1 Å². The molecule has 1 N–H and O–H groups in total. The average Bonchev–Trinajstić information content (AvgIpc) is 3.04. The minimum absolute atomic E-state index is 0.0173. The fraction of sp³-hybridized carbons (Fsp3) is 0.588. The van der Waals surface area contributed by atoms with Gasteiger partial charge in [-0.1, -0.05) is 23.2 Å². The summed E-state index contributed by atoms with van der Waals surface area (Å²) < 4.78 is 5.75. The van der Waals surface area contributed by atoms with Crippen molar-refractivity contribution in [2.45, 2.75) is 25.5 Å². The summed E-state index contributed by atoms with van der Waals surface area (Å²) in [5.41, 5.74) is 0. The lowest BCUT2D eigenvalue weighted by Gasteiger charge is -2.32. The highest BCUT2D eigenvalue weighted by atomic mass is 35.5. The van der Waals surface area contributed by atoms with Crippen molar-refractivity contribution in [2.75, 3.05) is 39.3 Å². The molecule has 2 fully saturated rings. The summed E-state index contributed by atoms with van der Waals surface area (Å²) in [4.78, 5) is 17.0. The number of nitrogens with one attached hydrogen (secondary N) is 1. The lowest BCUT2D eigenvalue weighted by Crippen LogP contribution is -2.50. The fourth-order valence-corrected chi connectivity index (χ4v) is 3.90. The summed E-state index contributed by atoms with van der Waals surface area (Å²) in [6.45, 7) is 7.51. The van der Waals surface area contributed by atoms with Crippen LogP contribution >= 0.6 is 23.2 Å². The maximum absolute atomic E-state index is 12.7. The lowest BCUT2D eigenvalue weighted by atomic mass is 10.2. The van der Waals surface area contributed by atoms with E-state index in [2.05, 4.69) is 10.2 Å². The Morgan fingerprint density at radius 1 is 1.21 bits per heavy atom. The number of hydrogen-bond donors (Lipinski definition) is 1. The summed E-state index contributed by atoms with van der Waals surface area (Å²) in [5.74, 6) is 0.537. The van der Waals surface area contributed by atoms with Crippen LogP contribution < -0.4 is 10.1 Å². The van der Waals surface area contributed by atoms with Gasteiger partial charge < -0.3 is 15.0 Å². The van der Waals surface area contributed by atoms with Gasteiger partial charge in [-0.2, -0.15) is 0 Å². The van der Waals surface area contributed by atoms with Gasteiger partial charge in [-0.15, -0.1) is 0 Å². The molecule has 2 saturated heterocycles. The Morgan fingerprint density at radius 2 is 1.88 bits per heavy atom. The molecule has 0 aliphatic carbocycles. The molecule has 3 rings (SSSR count). The largest absolute Gasteiger partial charge is 0.481 e. The molecular weight excluding hydrogens is 349 g/mol. The Morgan fingerprint density at radius 3 is 2.54 bits per heavy atom. The summed E-state index contributed by atoms with van der Waals surface area (Å²) in [6.07, 6.45) is 0.475. The van der Waals surface area contributed by atoms with Crippen LogP contribution in [0.25, 0.3) is 0 Å². The Balaban J connectivity index is 1.55. The zero-order chi connectivity index (χ0) is 17.1. The van der Waals surface area contributed by atoms with E-state index < -0.39 is 6.10 Å². The molecule has 1 aromatic rings. The predicted octanol–water partition coefficient (Wildman–Crippen LogP) is 2.27. The van der Waals surface area contributed by atoms with E-state index in [-0.39, 0.29) is 5.91 Å². The average molecular weight is 372 g/mol. The molecule has 2 atom stereocenters. The minimum atomic E-state index is -0.554. The zero-order valence-electron chi connectivity index (χ0n) is 13.8. The van der Waals surface area contributed by atoms with Crippen LogP contribution in [0.4, 0.5) is 0 Å². The molecule has 2 unspecified atom stereocenters. The van der Waals surface area contributed by atoms with Gasteiger partial charge in [0, 0.05) is 55.4 Å². The minimum Gasteiger partial charge on any atom is -0.481 e. The number of amides is 1. The second-order valence-corrected chi connectivity index (χ2v) is 7.25. The fourth-order valence-electron chi connectivity index (χ4n) is 3.40. The third-order valence-electron chi connectivity index (χ3n) is 4.64. The van der Waals surface area contributed by atoms with Crippen LogP contribution in [0.1, 0.15) is 13.3 Å². The SMILES string of the molecule is CC(Oc1cc(Cl)cc(Cl)c1)C(=O)N1CCC(N2CCNCC2)C1. The van der Waals surface area contributed by atoms with Gasteiger partial charge in [-0.3, -0.25) is 9.69 Å². The summed E-state index contributed by atoms with van der Waals surface area (Å²) in [6, 6.07) is 5.44. The second kappa shape index (κ2) is 7.91. The van der Waals surface area contributed by atoms with Crippen LogP contribution in [0, 0.1) is 0 Å². The maximum Gasteiger partial charge on any atom is 0.263 e. The van der Waals surface area contributed by atoms with Crippen LogP contribution in [0.15, 0.2) is 18.2 Å². The number of ether oxygens (including phenoxy) is 1. The van der Waals surface area contributed by atoms with E-state index in [1.165, 1.54) is 0 Å². The van der Waals surface area contributed by atoms with Gasteiger partial charge in [0.1, 0.15) is 5.75 Å². The van der Waals surface area contributed by atoms with Crippen molar-refractivity contribution in [3.63, 3.8) is 0 Å². The normalized spacial score (nSPS) is 23.3. The third-order valence-corrected chi connectivity index (χ3v) is 5.08. The number of piperazine rings is 1. The number of halogens is 2. The highest BCUT2D eigenvalue weighted by Gasteiger charge is 2.33. The van der Waals surface area contributed by atoms with E-state index >= 15 is 0 Å². The predicted molar refractivity (Wildman–Crippen MR) is 96.0 cm³/mol. The van der Waals surface area contributed by atoms with Crippen LogP contribution in [0.3, 0.4) is 0 Å².